The Balaban J connectivity index is 1.32. The van der Waals surface area contributed by atoms with Crippen molar-refractivity contribution in [3.63, 3.8) is 0 Å². The van der Waals surface area contributed by atoms with Gasteiger partial charge in [-0.3, -0.25) is 14.7 Å². The largest absolute Gasteiger partial charge is 0.369 e. The predicted molar refractivity (Wildman–Crippen MR) is 167 cm³/mol. The highest BCUT2D eigenvalue weighted by molar-refractivity contribution is 6.30. The van der Waals surface area contributed by atoms with Crippen molar-refractivity contribution in [3.05, 3.63) is 89.0 Å². The van der Waals surface area contributed by atoms with Gasteiger partial charge in [0.2, 0.25) is 5.91 Å². The van der Waals surface area contributed by atoms with Crippen molar-refractivity contribution in [2.75, 3.05) is 44.4 Å². The monoisotopic (exact) mass is 611 g/mol. The van der Waals surface area contributed by atoms with Crippen molar-refractivity contribution in [1.82, 2.24) is 45.2 Å². The van der Waals surface area contributed by atoms with E-state index in [-0.39, 0.29) is 11.8 Å². The molecule has 2 aromatic carbocycles. The number of aromatic nitrogens is 7. The average Bonchev–Trinajstić information content (AvgIpc) is 3.72. The quantitative estimate of drug-likeness (QED) is 0.213. The van der Waals surface area contributed by atoms with E-state index < -0.39 is 6.04 Å². The van der Waals surface area contributed by atoms with Gasteiger partial charge in [0.25, 0.3) is 5.91 Å². The Morgan fingerprint density at radius 1 is 1.18 bits per heavy atom. The Hall–Kier alpha value is -5.14. The maximum Gasteiger partial charge on any atom is 0.251 e. The van der Waals surface area contributed by atoms with Crippen LogP contribution in [0, 0.1) is 0 Å². The van der Waals surface area contributed by atoms with E-state index in [1.165, 1.54) is 17.1 Å². The zero-order valence-electron chi connectivity index (χ0n) is 24.1. The SMILES string of the molecule is CN(C)CCNc1nccc2c1CCN(C(=O)/C=C/c1cc(Cl)ccc1-n1cnnn1)C2C(=O)Nc1ccc2cn[nH]c2c1. The molecule has 224 valence electrons. The molecule has 0 radical (unpaired) electrons. The number of pyridine rings is 1. The number of hydrogen-bond donors (Lipinski definition) is 3. The van der Waals surface area contributed by atoms with Crippen LogP contribution in [0.5, 0.6) is 0 Å². The molecule has 13 nitrogen and oxygen atoms in total. The molecule has 6 rings (SSSR count). The maximum atomic E-state index is 14.0. The number of aromatic amines is 1. The molecule has 14 heteroatoms. The van der Waals surface area contributed by atoms with Gasteiger partial charge in [-0.1, -0.05) is 11.6 Å². The molecular formula is C30H30ClN11O2. The lowest BCUT2D eigenvalue weighted by Crippen LogP contribution is -2.45. The average molecular weight is 612 g/mol. The lowest BCUT2D eigenvalue weighted by Gasteiger charge is -2.36. The van der Waals surface area contributed by atoms with Gasteiger partial charge in [-0.15, -0.1) is 5.10 Å². The van der Waals surface area contributed by atoms with Crippen molar-refractivity contribution in [3.8, 4) is 5.69 Å². The van der Waals surface area contributed by atoms with Crippen molar-refractivity contribution in [1.29, 1.82) is 0 Å². The standard InChI is InChI=1S/C30H30ClN11O2/c1-40(2)14-12-33-29-24-10-13-41(27(43)8-4-19-15-21(31)5-7-26(19)42-18-35-38-39-42)28(23(24)9-11-32-29)30(44)36-22-6-3-20-17-34-37-25(20)16-22/h3-9,11,15-18,28H,10,12-14H2,1-2H3,(H,32,33)(H,34,37)(H,36,44)/b8-4+. The summed E-state index contributed by atoms with van der Waals surface area (Å²) in [6, 6.07) is 11.6. The van der Waals surface area contributed by atoms with E-state index in [9.17, 15) is 9.59 Å². The molecule has 3 aromatic heterocycles. The third-order valence-electron chi connectivity index (χ3n) is 7.38. The highest BCUT2D eigenvalue weighted by atomic mass is 35.5. The maximum absolute atomic E-state index is 14.0. The Kier molecular flexibility index (Phi) is 8.30. The van der Waals surface area contributed by atoms with Crippen LogP contribution in [-0.4, -0.2) is 90.7 Å². The van der Waals surface area contributed by atoms with Crippen LogP contribution in [0.15, 0.2) is 67.3 Å². The molecular weight excluding hydrogens is 582 g/mol. The van der Waals surface area contributed by atoms with Gasteiger partial charge in [-0.05, 0) is 85.0 Å². The first-order valence-electron chi connectivity index (χ1n) is 14.0. The molecule has 2 amide bonds. The number of carbonyl (C=O) groups is 2. The molecule has 44 heavy (non-hydrogen) atoms. The summed E-state index contributed by atoms with van der Waals surface area (Å²) in [5, 5.41) is 26.2. The van der Waals surface area contributed by atoms with E-state index in [0.717, 1.165) is 28.6 Å². The zero-order chi connectivity index (χ0) is 30.6. The second kappa shape index (κ2) is 12.6. The second-order valence-electron chi connectivity index (χ2n) is 10.6. The van der Waals surface area contributed by atoms with Crippen LogP contribution in [0.25, 0.3) is 22.7 Å². The van der Waals surface area contributed by atoms with Crippen molar-refractivity contribution >= 4 is 51.9 Å². The molecule has 0 aliphatic carbocycles. The van der Waals surface area contributed by atoms with Crippen LogP contribution in [0.2, 0.25) is 5.02 Å². The van der Waals surface area contributed by atoms with Gasteiger partial charge in [0.15, 0.2) is 0 Å². The van der Waals surface area contributed by atoms with Crippen LogP contribution in [0.1, 0.15) is 22.7 Å². The molecule has 0 saturated carbocycles. The topological polar surface area (TPSA) is 150 Å². The van der Waals surface area contributed by atoms with Crippen molar-refractivity contribution < 1.29 is 9.59 Å². The highest BCUT2D eigenvalue weighted by Gasteiger charge is 2.36. The summed E-state index contributed by atoms with van der Waals surface area (Å²) < 4.78 is 1.49. The minimum Gasteiger partial charge on any atom is -0.369 e. The summed E-state index contributed by atoms with van der Waals surface area (Å²) in [7, 11) is 4.01. The molecule has 0 fully saturated rings. The number of nitrogens with one attached hydrogen (secondary N) is 3. The van der Waals surface area contributed by atoms with Crippen LogP contribution >= 0.6 is 11.6 Å². The van der Waals surface area contributed by atoms with Crippen molar-refractivity contribution in [2.45, 2.75) is 12.5 Å². The molecule has 0 spiro atoms. The molecule has 0 bridgehead atoms. The van der Waals surface area contributed by atoms with Gasteiger partial charge in [0, 0.05) is 59.1 Å². The fourth-order valence-electron chi connectivity index (χ4n) is 5.25. The summed E-state index contributed by atoms with van der Waals surface area (Å²) >= 11 is 6.27. The second-order valence-corrected chi connectivity index (χ2v) is 11.0. The number of hydrogen-bond acceptors (Lipinski definition) is 9. The molecule has 4 heterocycles. The van der Waals surface area contributed by atoms with E-state index in [0.29, 0.717) is 47.3 Å². The Morgan fingerprint density at radius 3 is 2.89 bits per heavy atom. The first kappa shape index (κ1) is 29.0. The predicted octanol–water partition coefficient (Wildman–Crippen LogP) is 3.34. The Morgan fingerprint density at radius 2 is 2.07 bits per heavy atom. The van der Waals surface area contributed by atoms with Gasteiger partial charge in [0.1, 0.15) is 18.2 Å². The number of benzene rings is 2. The number of rotatable bonds is 9. The number of anilines is 2. The van der Waals surface area contributed by atoms with Crippen LogP contribution in [0.4, 0.5) is 11.5 Å². The number of carbonyl (C=O) groups excluding carboxylic acids is 2. The van der Waals surface area contributed by atoms with E-state index in [2.05, 4.69) is 46.2 Å². The lowest BCUT2D eigenvalue weighted by atomic mass is 9.92. The van der Waals surface area contributed by atoms with Gasteiger partial charge >= 0.3 is 0 Å². The molecule has 1 aliphatic rings. The highest BCUT2D eigenvalue weighted by Crippen LogP contribution is 2.34. The summed E-state index contributed by atoms with van der Waals surface area (Å²) in [5.74, 6) is 0.0456. The fraction of sp³-hybridized carbons (Fsp3) is 0.233. The van der Waals surface area contributed by atoms with Crippen LogP contribution in [0.3, 0.4) is 0 Å². The van der Waals surface area contributed by atoms with E-state index in [4.69, 9.17) is 11.6 Å². The molecule has 1 atom stereocenters. The first-order chi connectivity index (χ1) is 21.4. The smallest absolute Gasteiger partial charge is 0.251 e. The summed E-state index contributed by atoms with van der Waals surface area (Å²) in [5.41, 5.74) is 4.30. The molecule has 5 aromatic rings. The van der Waals surface area contributed by atoms with Gasteiger partial charge in [-0.25, -0.2) is 4.98 Å². The number of H-pyrrole nitrogens is 1. The third kappa shape index (κ3) is 6.14. The van der Waals surface area contributed by atoms with Gasteiger partial charge in [0.05, 0.1) is 17.4 Å². The number of tetrazole rings is 1. The minimum absolute atomic E-state index is 0.317. The Bertz CT molecular complexity index is 1830. The number of amides is 2. The Labute approximate surface area is 257 Å². The van der Waals surface area contributed by atoms with Crippen LogP contribution < -0.4 is 10.6 Å². The van der Waals surface area contributed by atoms with Crippen LogP contribution in [-0.2, 0) is 16.0 Å². The minimum atomic E-state index is -0.899. The third-order valence-corrected chi connectivity index (χ3v) is 7.62. The summed E-state index contributed by atoms with van der Waals surface area (Å²) in [6.07, 6.45) is 8.48. The molecule has 3 N–H and O–H groups in total. The summed E-state index contributed by atoms with van der Waals surface area (Å²) in [4.78, 5) is 36.1. The van der Waals surface area contributed by atoms with E-state index in [1.54, 1.807) is 41.6 Å². The molecule has 0 saturated heterocycles. The first-order valence-corrected chi connectivity index (χ1v) is 14.4. The zero-order valence-corrected chi connectivity index (χ0v) is 24.9. The normalized spacial score (nSPS) is 14.7. The number of fused-ring (bicyclic) bond motifs is 2. The van der Waals surface area contributed by atoms with Crippen molar-refractivity contribution in [2.24, 2.45) is 0 Å². The number of nitrogens with zero attached hydrogens (tertiary/aromatic N) is 8. The van der Waals surface area contributed by atoms with Gasteiger partial charge < -0.3 is 20.4 Å². The molecule has 1 aliphatic heterocycles. The van der Waals surface area contributed by atoms with E-state index >= 15 is 0 Å². The lowest BCUT2D eigenvalue weighted by molar-refractivity contribution is -0.135. The number of likely N-dealkylation sites (N-methyl/N-ethyl adjacent to an activating group) is 1. The summed E-state index contributed by atoms with van der Waals surface area (Å²) in [6.45, 7) is 1.82. The van der Waals surface area contributed by atoms with E-state index in [1.807, 2.05) is 38.4 Å². The number of halogens is 1. The van der Waals surface area contributed by atoms with Gasteiger partial charge in [-0.2, -0.15) is 9.78 Å². The fourth-order valence-corrected chi connectivity index (χ4v) is 5.43. The molecule has 1 unspecified atom stereocenters.